The third kappa shape index (κ3) is 1.47. The van der Waals surface area contributed by atoms with Crippen molar-refractivity contribution in [2.45, 2.75) is 44.9 Å². The summed E-state index contributed by atoms with van der Waals surface area (Å²) in [5.41, 5.74) is 0. The summed E-state index contributed by atoms with van der Waals surface area (Å²) < 4.78 is 0. The second-order valence-electron chi connectivity index (χ2n) is 3.60. The van der Waals surface area contributed by atoms with Gasteiger partial charge in [-0.1, -0.05) is 25.7 Å². The first-order chi connectivity index (χ1) is 4.45. The Kier molecular flexibility index (Phi) is 1.48. The van der Waals surface area contributed by atoms with E-state index >= 15 is 0 Å². The largest absolute Gasteiger partial charge is 0.0527 e. The van der Waals surface area contributed by atoms with E-state index in [4.69, 9.17) is 0 Å². The average Bonchev–Trinajstić information content (AvgIpc) is 2.46. The first-order valence-corrected chi connectivity index (χ1v) is 4.29. The van der Waals surface area contributed by atoms with Crippen LogP contribution in [0.25, 0.3) is 0 Å². The minimum absolute atomic E-state index is 1.14. The smallest absolute Gasteiger partial charge is 0.0238 e. The molecule has 0 atom stereocenters. The molecule has 0 N–H and O–H groups in total. The van der Waals surface area contributed by atoms with E-state index in [1.54, 1.807) is 0 Å². The maximum absolute atomic E-state index is 1.89. The zero-order valence-corrected chi connectivity index (χ0v) is 6.03. The van der Waals surface area contributed by atoms with Gasteiger partial charge in [-0.15, -0.1) is 0 Å². The van der Waals surface area contributed by atoms with Crippen molar-refractivity contribution >= 4 is 0 Å². The predicted molar refractivity (Wildman–Crippen MR) is 39.1 cm³/mol. The Morgan fingerprint density at radius 3 is 2.33 bits per heavy atom. The molecule has 0 aliphatic heterocycles. The highest BCUT2D eigenvalue weighted by atomic mass is 14.3. The standard InChI is InChI=1S/C9H15/c1-2-4-8(3-1)7-9-5-6-9/h9H,1-7H2. The molecule has 0 aromatic rings. The Morgan fingerprint density at radius 2 is 1.78 bits per heavy atom. The molecule has 0 spiro atoms. The molecule has 0 aromatic carbocycles. The predicted octanol–water partition coefficient (Wildman–Crippen LogP) is 2.93. The Balaban J connectivity index is 1.70. The van der Waals surface area contributed by atoms with Gasteiger partial charge in [0.15, 0.2) is 0 Å². The monoisotopic (exact) mass is 123 g/mol. The maximum atomic E-state index is 1.89. The number of hydrogen-bond donors (Lipinski definition) is 0. The molecule has 2 fully saturated rings. The fourth-order valence-electron chi connectivity index (χ4n) is 1.81. The van der Waals surface area contributed by atoms with Gasteiger partial charge in [0.2, 0.25) is 0 Å². The van der Waals surface area contributed by atoms with E-state index in [0.717, 1.165) is 5.92 Å². The zero-order valence-electron chi connectivity index (χ0n) is 6.03. The molecule has 2 aliphatic carbocycles. The Labute approximate surface area is 57.6 Å². The van der Waals surface area contributed by atoms with E-state index in [0.29, 0.717) is 0 Å². The van der Waals surface area contributed by atoms with Crippen LogP contribution in [-0.4, -0.2) is 0 Å². The van der Waals surface area contributed by atoms with Crippen molar-refractivity contribution in [3.05, 3.63) is 5.92 Å². The summed E-state index contributed by atoms with van der Waals surface area (Å²) in [7, 11) is 0. The van der Waals surface area contributed by atoms with Crippen LogP contribution >= 0.6 is 0 Å². The molecule has 0 amide bonds. The van der Waals surface area contributed by atoms with Crippen LogP contribution in [0.2, 0.25) is 0 Å². The van der Waals surface area contributed by atoms with Crippen LogP contribution in [0, 0.1) is 11.8 Å². The topological polar surface area (TPSA) is 0 Å². The fraction of sp³-hybridized carbons (Fsp3) is 0.889. The number of hydrogen-bond acceptors (Lipinski definition) is 0. The van der Waals surface area contributed by atoms with Crippen molar-refractivity contribution in [1.29, 1.82) is 0 Å². The SMILES string of the molecule is C1CC[C](CC2CC2)C1. The molecular weight excluding hydrogens is 108 g/mol. The van der Waals surface area contributed by atoms with Crippen LogP contribution in [0.1, 0.15) is 44.9 Å². The van der Waals surface area contributed by atoms with Gasteiger partial charge in [0.1, 0.15) is 0 Å². The lowest BCUT2D eigenvalue weighted by Gasteiger charge is -2.04. The lowest BCUT2D eigenvalue weighted by molar-refractivity contribution is 0.690. The fourth-order valence-corrected chi connectivity index (χ4v) is 1.81. The first kappa shape index (κ1) is 5.76. The molecule has 0 nitrogen and oxygen atoms in total. The highest BCUT2D eigenvalue weighted by molar-refractivity contribution is 4.98. The third-order valence-electron chi connectivity index (χ3n) is 2.58. The summed E-state index contributed by atoms with van der Waals surface area (Å²) in [5.74, 6) is 3.02. The molecule has 0 unspecified atom stereocenters. The van der Waals surface area contributed by atoms with E-state index in [-0.39, 0.29) is 0 Å². The van der Waals surface area contributed by atoms with Crippen LogP contribution in [0.4, 0.5) is 0 Å². The second kappa shape index (κ2) is 2.32. The highest BCUT2D eigenvalue weighted by Crippen LogP contribution is 2.41. The summed E-state index contributed by atoms with van der Waals surface area (Å²) >= 11 is 0. The molecule has 1 radical (unpaired) electrons. The summed E-state index contributed by atoms with van der Waals surface area (Å²) in [6.45, 7) is 0. The summed E-state index contributed by atoms with van der Waals surface area (Å²) in [5, 5.41) is 0. The van der Waals surface area contributed by atoms with Crippen molar-refractivity contribution in [1.82, 2.24) is 0 Å². The van der Waals surface area contributed by atoms with Crippen LogP contribution < -0.4 is 0 Å². The van der Waals surface area contributed by atoms with E-state index in [2.05, 4.69) is 0 Å². The van der Waals surface area contributed by atoms with Gasteiger partial charge in [-0.05, 0) is 31.1 Å². The van der Waals surface area contributed by atoms with Gasteiger partial charge in [-0.2, -0.15) is 0 Å². The van der Waals surface area contributed by atoms with Gasteiger partial charge in [-0.25, -0.2) is 0 Å². The number of rotatable bonds is 2. The van der Waals surface area contributed by atoms with Gasteiger partial charge in [0.05, 0.1) is 0 Å². The minimum Gasteiger partial charge on any atom is -0.0527 e. The van der Waals surface area contributed by atoms with Gasteiger partial charge in [-0.3, -0.25) is 0 Å². The lowest BCUT2D eigenvalue weighted by Crippen LogP contribution is -1.90. The molecule has 0 heteroatoms. The average molecular weight is 123 g/mol. The molecule has 0 bridgehead atoms. The molecule has 0 heterocycles. The summed E-state index contributed by atoms with van der Waals surface area (Å²) in [6.07, 6.45) is 10.5. The van der Waals surface area contributed by atoms with E-state index < -0.39 is 0 Å². The Hall–Kier alpha value is 0. The molecule has 0 saturated heterocycles. The van der Waals surface area contributed by atoms with E-state index in [1.807, 2.05) is 5.92 Å². The molecule has 9 heavy (non-hydrogen) atoms. The van der Waals surface area contributed by atoms with E-state index in [9.17, 15) is 0 Å². The van der Waals surface area contributed by atoms with Crippen molar-refractivity contribution < 1.29 is 0 Å². The molecule has 0 aromatic heterocycles. The van der Waals surface area contributed by atoms with Crippen molar-refractivity contribution in [3.8, 4) is 0 Å². The molecule has 2 aliphatic rings. The Morgan fingerprint density at radius 1 is 1.11 bits per heavy atom. The zero-order chi connectivity index (χ0) is 6.10. The first-order valence-electron chi connectivity index (χ1n) is 4.29. The van der Waals surface area contributed by atoms with Crippen molar-refractivity contribution in [3.63, 3.8) is 0 Å². The normalized spacial score (nSPS) is 29.3. The molecule has 2 saturated carbocycles. The Bertz CT molecular complexity index is 86.2. The van der Waals surface area contributed by atoms with Crippen LogP contribution in [-0.2, 0) is 0 Å². The van der Waals surface area contributed by atoms with Gasteiger partial charge in [0, 0.05) is 0 Å². The quantitative estimate of drug-likeness (QED) is 0.529. The minimum atomic E-state index is 1.14. The van der Waals surface area contributed by atoms with E-state index in [1.165, 1.54) is 44.9 Å². The van der Waals surface area contributed by atoms with Crippen LogP contribution in [0.5, 0.6) is 0 Å². The maximum Gasteiger partial charge on any atom is -0.0238 e. The lowest BCUT2D eigenvalue weighted by atomic mass is 10.0. The van der Waals surface area contributed by atoms with Gasteiger partial charge in [0.25, 0.3) is 0 Å². The van der Waals surface area contributed by atoms with Crippen LogP contribution in [0.3, 0.4) is 0 Å². The second-order valence-corrected chi connectivity index (χ2v) is 3.60. The molecule has 2 rings (SSSR count). The molecule has 51 valence electrons. The van der Waals surface area contributed by atoms with Gasteiger partial charge >= 0.3 is 0 Å². The summed E-state index contributed by atoms with van der Waals surface area (Å²) in [6, 6.07) is 0. The summed E-state index contributed by atoms with van der Waals surface area (Å²) in [4.78, 5) is 0. The van der Waals surface area contributed by atoms with Gasteiger partial charge < -0.3 is 0 Å². The third-order valence-corrected chi connectivity index (χ3v) is 2.58. The molecular formula is C9H15. The highest BCUT2D eigenvalue weighted by Gasteiger charge is 2.26. The van der Waals surface area contributed by atoms with Crippen molar-refractivity contribution in [2.75, 3.05) is 0 Å². The van der Waals surface area contributed by atoms with Crippen LogP contribution in [0.15, 0.2) is 0 Å². The van der Waals surface area contributed by atoms with Crippen molar-refractivity contribution in [2.24, 2.45) is 5.92 Å².